The first-order chi connectivity index (χ1) is 7.61. The maximum Gasteiger partial charge on any atom is 0.261 e. The van der Waals surface area contributed by atoms with Gasteiger partial charge in [0.1, 0.15) is 5.56 Å². The van der Waals surface area contributed by atoms with Crippen molar-refractivity contribution in [1.29, 1.82) is 0 Å². The van der Waals surface area contributed by atoms with Gasteiger partial charge >= 0.3 is 0 Å². The van der Waals surface area contributed by atoms with Gasteiger partial charge in [0.05, 0.1) is 6.10 Å². The highest BCUT2D eigenvalue weighted by Crippen LogP contribution is 2.20. The topological polar surface area (TPSA) is 85.2 Å². The van der Waals surface area contributed by atoms with Gasteiger partial charge in [0.15, 0.2) is 0 Å². The van der Waals surface area contributed by atoms with Gasteiger partial charge in [-0.15, -0.1) is 0 Å². The van der Waals surface area contributed by atoms with Crippen LogP contribution in [-0.4, -0.2) is 24.1 Å². The maximum absolute atomic E-state index is 11.5. The Kier molecular flexibility index (Phi) is 2.78. The van der Waals surface area contributed by atoms with E-state index in [1.54, 1.807) is 13.2 Å². The highest BCUT2D eigenvalue weighted by atomic mass is 16.5. The van der Waals surface area contributed by atoms with Crippen LogP contribution >= 0.6 is 0 Å². The number of nitrogens with one attached hydrogen (secondary N) is 1. The fraction of sp³-hybridized carbons (Fsp3) is 0.455. The van der Waals surface area contributed by atoms with E-state index in [1.807, 2.05) is 0 Å². The van der Waals surface area contributed by atoms with Gasteiger partial charge in [-0.3, -0.25) is 9.59 Å². The maximum atomic E-state index is 11.5. The molecule has 0 bridgehead atoms. The molecule has 0 radical (unpaired) electrons. The lowest BCUT2D eigenvalue weighted by Crippen LogP contribution is -2.29. The summed E-state index contributed by atoms with van der Waals surface area (Å²) in [5, 5.41) is 0. The molecule has 2 rings (SSSR count). The minimum absolute atomic E-state index is 0.0236. The second-order valence-corrected chi connectivity index (χ2v) is 3.98. The third-order valence-electron chi connectivity index (χ3n) is 2.98. The molecule has 1 aromatic heterocycles. The molecule has 1 unspecified atom stereocenters. The van der Waals surface area contributed by atoms with Crippen LogP contribution in [-0.2, 0) is 17.6 Å². The van der Waals surface area contributed by atoms with Crippen LogP contribution in [0.5, 0.6) is 0 Å². The largest absolute Gasteiger partial charge is 0.381 e. The van der Waals surface area contributed by atoms with Crippen molar-refractivity contribution in [3.8, 4) is 0 Å². The number of carbonyl (C=O) groups excluding carboxylic acids is 1. The summed E-state index contributed by atoms with van der Waals surface area (Å²) in [7, 11) is 1.66. The summed E-state index contributed by atoms with van der Waals surface area (Å²) in [6, 6.07) is 1.58. The molecule has 0 spiro atoms. The van der Waals surface area contributed by atoms with Crippen molar-refractivity contribution in [3.05, 3.63) is 33.2 Å². The molecule has 5 heteroatoms. The average molecular weight is 222 g/mol. The van der Waals surface area contributed by atoms with Crippen molar-refractivity contribution in [1.82, 2.24) is 4.98 Å². The summed E-state index contributed by atoms with van der Waals surface area (Å²) in [4.78, 5) is 25.2. The number of aromatic nitrogens is 1. The van der Waals surface area contributed by atoms with E-state index in [0.717, 1.165) is 24.1 Å². The molecule has 1 heterocycles. The summed E-state index contributed by atoms with van der Waals surface area (Å²) in [5.41, 5.74) is 6.59. The number of nitrogens with two attached hydrogens (primary N) is 1. The van der Waals surface area contributed by atoms with Gasteiger partial charge in [0.2, 0.25) is 0 Å². The van der Waals surface area contributed by atoms with E-state index >= 15 is 0 Å². The number of hydrogen-bond acceptors (Lipinski definition) is 3. The minimum atomic E-state index is -0.691. The molecule has 0 aromatic carbocycles. The van der Waals surface area contributed by atoms with E-state index in [4.69, 9.17) is 10.5 Å². The van der Waals surface area contributed by atoms with Gasteiger partial charge in [-0.05, 0) is 24.5 Å². The zero-order valence-electron chi connectivity index (χ0n) is 9.08. The number of methoxy groups -OCH3 is 1. The van der Waals surface area contributed by atoms with E-state index in [-0.39, 0.29) is 11.7 Å². The number of hydrogen-bond donors (Lipinski definition) is 2. The molecule has 1 atom stereocenters. The van der Waals surface area contributed by atoms with E-state index in [1.165, 1.54) is 0 Å². The monoisotopic (exact) mass is 222 g/mol. The van der Waals surface area contributed by atoms with E-state index < -0.39 is 11.5 Å². The van der Waals surface area contributed by atoms with Gasteiger partial charge in [-0.25, -0.2) is 0 Å². The van der Waals surface area contributed by atoms with Crippen molar-refractivity contribution in [2.24, 2.45) is 5.73 Å². The first-order valence-electron chi connectivity index (χ1n) is 5.19. The molecule has 1 aliphatic rings. The molecule has 0 fully saturated rings. The quantitative estimate of drug-likeness (QED) is 0.737. The molecule has 86 valence electrons. The first kappa shape index (κ1) is 10.9. The fourth-order valence-corrected chi connectivity index (χ4v) is 2.05. The molecule has 0 saturated carbocycles. The van der Waals surface area contributed by atoms with Gasteiger partial charge < -0.3 is 15.5 Å². The Labute approximate surface area is 92.6 Å². The minimum Gasteiger partial charge on any atom is -0.381 e. The Hall–Kier alpha value is -1.62. The number of ether oxygens (including phenoxy) is 1. The van der Waals surface area contributed by atoms with Crippen LogP contribution in [0.15, 0.2) is 10.9 Å². The second kappa shape index (κ2) is 4.09. The zero-order valence-corrected chi connectivity index (χ0v) is 9.08. The summed E-state index contributed by atoms with van der Waals surface area (Å²) >= 11 is 0. The molecule has 16 heavy (non-hydrogen) atoms. The number of fused-ring (bicyclic) bond motifs is 1. The van der Waals surface area contributed by atoms with Crippen molar-refractivity contribution in [2.75, 3.05) is 7.11 Å². The van der Waals surface area contributed by atoms with E-state index in [9.17, 15) is 9.59 Å². The van der Waals surface area contributed by atoms with Gasteiger partial charge in [0.25, 0.3) is 11.5 Å². The summed E-state index contributed by atoms with van der Waals surface area (Å²) in [6.45, 7) is 0. The molecule has 0 aliphatic heterocycles. The number of aryl methyl sites for hydroxylation is 1. The van der Waals surface area contributed by atoms with Crippen LogP contribution in [0, 0.1) is 0 Å². The van der Waals surface area contributed by atoms with Crippen molar-refractivity contribution in [3.63, 3.8) is 0 Å². The van der Waals surface area contributed by atoms with Gasteiger partial charge in [-0.2, -0.15) is 0 Å². The third-order valence-corrected chi connectivity index (χ3v) is 2.98. The number of amides is 1. The number of rotatable bonds is 2. The Morgan fingerprint density at radius 3 is 3.00 bits per heavy atom. The molecular weight excluding hydrogens is 208 g/mol. The Morgan fingerprint density at radius 2 is 2.38 bits per heavy atom. The molecule has 0 saturated heterocycles. The molecule has 3 N–H and O–H groups in total. The second-order valence-electron chi connectivity index (χ2n) is 3.98. The summed E-state index contributed by atoms with van der Waals surface area (Å²) in [6.07, 6.45) is 2.51. The molecule has 1 aromatic rings. The molecular formula is C11H14N2O3. The predicted molar refractivity (Wildman–Crippen MR) is 58.4 cm³/mol. The zero-order chi connectivity index (χ0) is 11.7. The SMILES string of the molecule is COC1CCc2[nH]c(=O)c(C(N)=O)cc2C1. The van der Waals surface area contributed by atoms with Crippen LogP contribution in [0.4, 0.5) is 0 Å². The third kappa shape index (κ3) is 1.86. The van der Waals surface area contributed by atoms with E-state index in [0.29, 0.717) is 6.42 Å². The van der Waals surface area contributed by atoms with Crippen LogP contribution in [0.25, 0.3) is 0 Å². The Balaban J connectivity index is 2.44. The van der Waals surface area contributed by atoms with Crippen molar-refractivity contribution >= 4 is 5.91 Å². The van der Waals surface area contributed by atoms with Gasteiger partial charge in [-0.1, -0.05) is 0 Å². The average Bonchev–Trinajstić information content (AvgIpc) is 2.27. The van der Waals surface area contributed by atoms with Crippen LogP contribution in [0.1, 0.15) is 28.0 Å². The number of primary amides is 1. The fourth-order valence-electron chi connectivity index (χ4n) is 2.05. The predicted octanol–water partition coefficient (Wildman–Crippen LogP) is -0.0225. The lowest BCUT2D eigenvalue weighted by atomic mass is 9.92. The first-order valence-corrected chi connectivity index (χ1v) is 5.19. The van der Waals surface area contributed by atoms with Crippen molar-refractivity contribution in [2.45, 2.75) is 25.4 Å². The normalized spacial score (nSPS) is 19.2. The number of aromatic amines is 1. The summed E-state index contributed by atoms with van der Waals surface area (Å²) < 4.78 is 5.27. The highest BCUT2D eigenvalue weighted by Gasteiger charge is 2.21. The lowest BCUT2D eigenvalue weighted by Gasteiger charge is -2.23. The Morgan fingerprint density at radius 1 is 1.62 bits per heavy atom. The summed E-state index contributed by atoms with van der Waals surface area (Å²) in [5.74, 6) is -0.691. The molecule has 5 nitrogen and oxygen atoms in total. The smallest absolute Gasteiger partial charge is 0.261 e. The Bertz CT molecular complexity index is 479. The van der Waals surface area contributed by atoms with Gasteiger partial charge in [0, 0.05) is 19.2 Å². The number of pyridine rings is 1. The standard InChI is InChI=1S/C11H14N2O3/c1-16-7-2-3-9-6(4-7)5-8(10(12)14)11(15)13-9/h5,7H,2-4H2,1H3,(H2,12,14)(H,13,15). The van der Waals surface area contributed by atoms with Crippen molar-refractivity contribution < 1.29 is 9.53 Å². The van der Waals surface area contributed by atoms with Crippen LogP contribution in [0.3, 0.4) is 0 Å². The highest BCUT2D eigenvalue weighted by molar-refractivity contribution is 5.92. The van der Waals surface area contributed by atoms with Crippen LogP contribution in [0.2, 0.25) is 0 Å². The molecule has 1 aliphatic carbocycles. The van der Waals surface area contributed by atoms with E-state index in [2.05, 4.69) is 4.98 Å². The molecule has 1 amide bonds. The number of carbonyl (C=O) groups is 1. The lowest BCUT2D eigenvalue weighted by molar-refractivity contribution is 0.0902. The van der Waals surface area contributed by atoms with Crippen LogP contribution < -0.4 is 11.3 Å². The number of H-pyrrole nitrogens is 1.